The number of ether oxygens (including phenoxy) is 2. The van der Waals surface area contributed by atoms with Gasteiger partial charge in [-0.2, -0.15) is 0 Å². The Kier molecular flexibility index (Phi) is 2.96. The smallest absolute Gasteiger partial charge is 0.259 e. The van der Waals surface area contributed by atoms with Gasteiger partial charge in [0.05, 0.1) is 18.4 Å². The SMILES string of the molecule is COc1c(C(=O)Nc2cc(O)c3c(c2O)O3)ccc2cccnc12. The maximum absolute atomic E-state index is 12.6. The van der Waals surface area contributed by atoms with Gasteiger partial charge >= 0.3 is 0 Å². The number of rotatable bonds is 3. The summed E-state index contributed by atoms with van der Waals surface area (Å²) in [7, 11) is 1.46. The first-order chi connectivity index (χ1) is 11.6. The van der Waals surface area contributed by atoms with Gasteiger partial charge in [0.1, 0.15) is 5.52 Å². The molecule has 1 aromatic heterocycles. The minimum atomic E-state index is -0.505. The minimum absolute atomic E-state index is 0.0527. The second-order valence-corrected chi connectivity index (χ2v) is 5.23. The number of hydrogen-bond donors (Lipinski definition) is 3. The third-order valence-corrected chi connectivity index (χ3v) is 3.78. The Balaban J connectivity index is 1.74. The molecule has 0 atom stereocenters. The molecule has 0 spiro atoms. The van der Waals surface area contributed by atoms with Gasteiger partial charge in [-0.3, -0.25) is 9.78 Å². The number of nitrogens with one attached hydrogen (secondary N) is 1. The highest BCUT2D eigenvalue weighted by molar-refractivity contribution is 6.10. The van der Waals surface area contributed by atoms with Crippen LogP contribution in [-0.4, -0.2) is 28.2 Å². The molecular formula is C17H12N2O5. The number of aromatic nitrogens is 1. The normalized spacial score (nSPS) is 11.5. The van der Waals surface area contributed by atoms with Crippen molar-refractivity contribution >= 4 is 22.5 Å². The topological polar surface area (TPSA) is 104 Å². The summed E-state index contributed by atoms with van der Waals surface area (Å²) in [6.45, 7) is 0. The van der Waals surface area contributed by atoms with Gasteiger partial charge in [0.25, 0.3) is 5.91 Å². The first-order valence-corrected chi connectivity index (χ1v) is 7.10. The third-order valence-electron chi connectivity index (χ3n) is 3.78. The van der Waals surface area contributed by atoms with E-state index in [1.807, 2.05) is 6.07 Å². The van der Waals surface area contributed by atoms with Crippen molar-refractivity contribution < 1.29 is 24.5 Å². The monoisotopic (exact) mass is 324 g/mol. The zero-order chi connectivity index (χ0) is 16.8. The number of fused-ring (bicyclic) bond motifs is 2. The van der Waals surface area contributed by atoms with Crippen molar-refractivity contribution in [1.82, 2.24) is 4.98 Å². The lowest BCUT2D eigenvalue weighted by Gasteiger charge is -2.11. The van der Waals surface area contributed by atoms with Crippen LogP contribution >= 0.6 is 0 Å². The summed E-state index contributed by atoms with van der Waals surface area (Å²) < 4.78 is 10.3. The zero-order valence-corrected chi connectivity index (χ0v) is 12.5. The lowest BCUT2D eigenvalue weighted by Crippen LogP contribution is -2.13. The number of carbonyl (C=O) groups is 1. The second-order valence-electron chi connectivity index (χ2n) is 5.23. The van der Waals surface area contributed by atoms with E-state index >= 15 is 0 Å². The summed E-state index contributed by atoms with van der Waals surface area (Å²) in [5.41, 5.74) is 0.869. The van der Waals surface area contributed by atoms with E-state index in [-0.39, 0.29) is 34.2 Å². The number of carbonyl (C=O) groups excluding carboxylic acids is 1. The van der Waals surface area contributed by atoms with Gasteiger partial charge in [-0.15, -0.1) is 0 Å². The molecule has 1 aliphatic rings. The highest BCUT2D eigenvalue weighted by Crippen LogP contribution is 2.60. The molecule has 0 unspecified atom stereocenters. The summed E-state index contributed by atoms with van der Waals surface area (Å²) in [4.78, 5) is 16.8. The molecule has 3 aromatic rings. The van der Waals surface area contributed by atoms with Gasteiger partial charge in [0.2, 0.25) is 11.5 Å². The number of nitrogens with zero attached hydrogens (tertiary/aromatic N) is 1. The Labute approximate surface area is 136 Å². The zero-order valence-electron chi connectivity index (χ0n) is 12.5. The molecule has 4 rings (SSSR count). The molecule has 2 heterocycles. The molecule has 0 fully saturated rings. The standard InChI is InChI=1S/C17H12N2O5/c1-23-14-9(5-4-8-3-2-6-18-12(8)14)17(22)19-10-7-11(20)15-16(24-15)13(10)21/h2-7,20-21H,1H3,(H,19,22). The lowest BCUT2D eigenvalue weighted by molar-refractivity contribution is 0.102. The lowest BCUT2D eigenvalue weighted by atomic mass is 10.1. The number of amides is 1. The first-order valence-electron chi connectivity index (χ1n) is 7.10. The average molecular weight is 324 g/mol. The van der Waals surface area contributed by atoms with Crippen molar-refractivity contribution in [2.75, 3.05) is 12.4 Å². The van der Waals surface area contributed by atoms with Crippen LogP contribution in [0, 0.1) is 0 Å². The van der Waals surface area contributed by atoms with Crippen LogP contribution in [0.15, 0.2) is 36.5 Å². The Morgan fingerprint density at radius 3 is 2.88 bits per heavy atom. The number of aromatic hydroxyl groups is 2. The van der Waals surface area contributed by atoms with Crippen LogP contribution in [0.2, 0.25) is 0 Å². The average Bonchev–Trinajstić information content (AvgIpc) is 3.39. The Bertz CT molecular complexity index is 1000. The fourth-order valence-corrected chi connectivity index (χ4v) is 2.58. The first kappa shape index (κ1) is 14.1. The summed E-state index contributed by atoms with van der Waals surface area (Å²) in [6.07, 6.45) is 1.61. The van der Waals surface area contributed by atoms with E-state index in [9.17, 15) is 15.0 Å². The maximum atomic E-state index is 12.6. The molecule has 0 bridgehead atoms. The van der Waals surface area contributed by atoms with Crippen LogP contribution in [-0.2, 0) is 0 Å². The molecule has 120 valence electrons. The van der Waals surface area contributed by atoms with Crippen molar-refractivity contribution in [3.8, 4) is 28.7 Å². The number of methoxy groups -OCH3 is 1. The molecule has 1 aliphatic heterocycles. The van der Waals surface area contributed by atoms with Gasteiger partial charge in [0, 0.05) is 17.6 Å². The highest BCUT2D eigenvalue weighted by atomic mass is 16.6. The second kappa shape index (κ2) is 5.02. The number of phenols is 2. The Morgan fingerprint density at radius 1 is 1.25 bits per heavy atom. The molecule has 0 aliphatic carbocycles. The van der Waals surface area contributed by atoms with Crippen LogP contribution in [0.25, 0.3) is 10.9 Å². The molecule has 7 nitrogen and oxygen atoms in total. The molecule has 0 saturated heterocycles. The summed E-state index contributed by atoms with van der Waals surface area (Å²) in [6, 6.07) is 8.25. The Hall–Kier alpha value is -3.48. The van der Waals surface area contributed by atoms with E-state index in [1.165, 1.54) is 13.2 Å². The number of benzene rings is 2. The van der Waals surface area contributed by atoms with Gasteiger partial charge in [-0.05, 0) is 12.1 Å². The molecule has 0 radical (unpaired) electrons. The summed E-state index contributed by atoms with van der Waals surface area (Å²) >= 11 is 0. The fraction of sp³-hybridized carbons (Fsp3) is 0.0588. The van der Waals surface area contributed by atoms with Crippen LogP contribution in [0.1, 0.15) is 10.4 Å². The van der Waals surface area contributed by atoms with E-state index in [1.54, 1.807) is 24.4 Å². The van der Waals surface area contributed by atoms with E-state index in [0.29, 0.717) is 11.3 Å². The van der Waals surface area contributed by atoms with Crippen molar-refractivity contribution in [2.24, 2.45) is 0 Å². The minimum Gasteiger partial charge on any atom is -0.504 e. The fourth-order valence-electron chi connectivity index (χ4n) is 2.58. The van der Waals surface area contributed by atoms with E-state index in [0.717, 1.165) is 5.39 Å². The summed E-state index contributed by atoms with van der Waals surface area (Å²) in [5, 5.41) is 23.0. The summed E-state index contributed by atoms with van der Waals surface area (Å²) in [5.74, 6) is -0.165. The van der Waals surface area contributed by atoms with Crippen molar-refractivity contribution in [1.29, 1.82) is 0 Å². The van der Waals surface area contributed by atoms with Crippen LogP contribution in [0.3, 0.4) is 0 Å². The number of phenolic OH excluding ortho intramolecular Hbond substituents is 2. The number of pyridine rings is 1. The molecule has 3 N–H and O–H groups in total. The van der Waals surface area contributed by atoms with E-state index < -0.39 is 5.91 Å². The quantitative estimate of drug-likeness (QED) is 0.304. The molecule has 1 amide bonds. The van der Waals surface area contributed by atoms with Crippen LogP contribution in [0.5, 0.6) is 28.7 Å². The predicted octanol–water partition coefficient (Wildman–Crippen LogP) is 3.01. The number of anilines is 1. The molecule has 2 aromatic carbocycles. The maximum Gasteiger partial charge on any atom is 0.259 e. The van der Waals surface area contributed by atoms with Crippen molar-refractivity contribution in [3.63, 3.8) is 0 Å². The largest absolute Gasteiger partial charge is 0.504 e. The van der Waals surface area contributed by atoms with Crippen LogP contribution in [0.4, 0.5) is 5.69 Å². The Morgan fingerprint density at radius 2 is 2.08 bits per heavy atom. The molecular weight excluding hydrogens is 312 g/mol. The van der Waals surface area contributed by atoms with Crippen molar-refractivity contribution in [3.05, 3.63) is 42.1 Å². The molecule has 7 heteroatoms. The van der Waals surface area contributed by atoms with Gasteiger partial charge in [0.15, 0.2) is 17.2 Å². The molecule has 0 saturated carbocycles. The van der Waals surface area contributed by atoms with Crippen molar-refractivity contribution in [2.45, 2.75) is 0 Å². The van der Waals surface area contributed by atoms with Gasteiger partial charge < -0.3 is 25.0 Å². The van der Waals surface area contributed by atoms with Crippen LogP contribution < -0.4 is 14.8 Å². The van der Waals surface area contributed by atoms with E-state index in [4.69, 9.17) is 9.47 Å². The predicted molar refractivity (Wildman–Crippen MR) is 86.1 cm³/mol. The highest BCUT2D eigenvalue weighted by Gasteiger charge is 2.33. The molecule has 24 heavy (non-hydrogen) atoms. The van der Waals surface area contributed by atoms with Gasteiger partial charge in [-0.1, -0.05) is 12.1 Å². The van der Waals surface area contributed by atoms with Gasteiger partial charge in [-0.25, -0.2) is 0 Å². The van der Waals surface area contributed by atoms with E-state index in [2.05, 4.69) is 10.3 Å². The third kappa shape index (κ3) is 2.06. The number of hydrogen-bond acceptors (Lipinski definition) is 6.